The molecule has 1 atom stereocenters. The van der Waals surface area contributed by atoms with Gasteiger partial charge in [0.1, 0.15) is 11.5 Å². The monoisotopic (exact) mass is 311 g/mol. The minimum atomic E-state index is -0.351. The van der Waals surface area contributed by atoms with Crippen molar-refractivity contribution in [1.82, 2.24) is 9.55 Å². The van der Waals surface area contributed by atoms with E-state index < -0.39 is 0 Å². The van der Waals surface area contributed by atoms with Crippen LogP contribution in [0.5, 0.6) is 0 Å². The summed E-state index contributed by atoms with van der Waals surface area (Å²) >= 11 is 0. The number of benzene rings is 1. The fourth-order valence-corrected chi connectivity index (χ4v) is 3.07. The Morgan fingerprint density at radius 3 is 2.87 bits per heavy atom. The molecule has 2 heterocycles. The van der Waals surface area contributed by atoms with Gasteiger partial charge in [-0.05, 0) is 31.7 Å². The van der Waals surface area contributed by atoms with Crippen molar-refractivity contribution in [3.05, 3.63) is 58.3 Å². The first-order chi connectivity index (χ1) is 11.2. The number of nitrogens with zero attached hydrogens (tertiary/aromatic N) is 2. The van der Waals surface area contributed by atoms with Gasteiger partial charge >= 0.3 is 0 Å². The second kappa shape index (κ2) is 6.77. The zero-order chi connectivity index (χ0) is 16.2. The standard InChI is InChI=1S/C18H21N3O2/c1-13(22)16-9-10-17-20-12-15(18(23)21(16)17)19-11-5-8-14-6-3-2-4-7-14/h2-4,6-7,12,16,19H,5,8-11H2,1H3/t16-/m0/s1. The van der Waals surface area contributed by atoms with Crippen LogP contribution in [0.15, 0.2) is 41.3 Å². The van der Waals surface area contributed by atoms with Crippen LogP contribution in [0.1, 0.15) is 37.2 Å². The first-order valence-electron chi connectivity index (χ1n) is 8.05. The van der Waals surface area contributed by atoms with Crippen molar-refractivity contribution in [2.75, 3.05) is 11.9 Å². The molecule has 1 aromatic carbocycles. The second-order valence-electron chi connectivity index (χ2n) is 5.94. The highest BCUT2D eigenvalue weighted by Crippen LogP contribution is 2.23. The van der Waals surface area contributed by atoms with E-state index in [2.05, 4.69) is 22.4 Å². The summed E-state index contributed by atoms with van der Waals surface area (Å²) in [6.45, 7) is 2.24. The van der Waals surface area contributed by atoms with Gasteiger partial charge in [0.25, 0.3) is 5.56 Å². The summed E-state index contributed by atoms with van der Waals surface area (Å²) in [5, 5.41) is 3.17. The Labute approximate surface area is 135 Å². The van der Waals surface area contributed by atoms with E-state index in [0.717, 1.165) is 12.8 Å². The van der Waals surface area contributed by atoms with E-state index >= 15 is 0 Å². The van der Waals surface area contributed by atoms with Crippen LogP contribution in [0.2, 0.25) is 0 Å². The predicted molar refractivity (Wildman–Crippen MR) is 89.8 cm³/mol. The van der Waals surface area contributed by atoms with Gasteiger partial charge in [-0.2, -0.15) is 0 Å². The number of aromatic nitrogens is 2. The molecule has 1 aliphatic heterocycles. The molecule has 0 bridgehead atoms. The third-order valence-electron chi connectivity index (χ3n) is 4.29. The third-order valence-corrected chi connectivity index (χ3v) is 4.29. The molecule has 5 heteroatoms. The molecule has 0 radical (unpaired) electrons. The van der Waals surface area contributed by atoms with Crippen LogP contribution in [-0.2, 0) is 17.6 Å². The Balaban J connectivity index is 1.64. The summed E-state index contributed by atoms with van der Waals surface area (Å²) in [5.41, 5.74) is 1.64. The summed E-state index contributed by atoms with van der Waals surface area (Å²) in [6.07, 6.45) is 4.85. The quantitative estimate of drug-likeness (QED) is 0.832. The number of nitrogens with one attached hydrogen (secondary N) is 1. The summed E-state index contributed by atoms with van der Waals surface area (Å²) in [4.78, 5) is 28.6. The predicted octanol–water partition coefficient (Wildman–Crippen LogP) is 2.36. The lowest BCUT2D eigenvalue weighted by atomic mass is 10.1. The van der Waals surface area contributed by atoms with E-state index in [4.69, 9.17) is 0 Å². The Hall–Kier alpha value is -2.43. The topological polar surface area (TPSA) is 64.0 Å². The number of Topliss-reactive ketones (excluding diaryl/α,β-unsaturated/α-hetero) is 1. The minimum Gasteiger partial charge on any atom is -0.379 e. The maximum absolute atomic E-state index is 12.5. The first-order valence-corrected chi connectivity index (χ1v) is 8.05. The maximum atomic E-state index is 12.5. The average molecular weight is 311 g/mol. The van der Waals surface area contributed by atoms with Crippen molar-refractivity contribution in [3.63, 3.8) is 0 Å². The number of anilines is 1. The van der Waals surface area contributed by atoms with Crippen molar-refractivity contribution in [1.29, 1.82) is 0 Å². The van der Waals surface area contributed by atoms with E-state index in [1.54, 1.807) is 10.8 Å². The molecule has 1 aliphatic rings. The van der Waals surface area contributed by atoms with Crippen molar-refractivity contribution < 1.29 is 4.79 Å². The number of hydrogen-bond acceptors (Lipinski definition) is 4. The third kappa shape index (κ3) is 3.33. The van der Waals surface area contributed by atoms with Crippen LogP contribution in [-0.4, -0.2) is 21.9 Å². The van der Waals surface area contributed by atoms with Gasteiger partial charge in [-0.1, -0.05) is 30.3 Å². The van der Waals surface area contributed by atoms with Crippen LogP contribution in [0.3, 0.4) is 0 Å². The zero-order valence-corrected chi connectivity index (χ0v) is 13.3. The lowest BCUT2D eigenvalue weighted by molar-refractivity contribution is -0.119. The van der Waals surface area contributed by atoms with Crippen molar-refractivity contribution in [2.45, 2.75) is 38.6 Å². The van der Waals surface area contributed by atoms with Crippen LogP contribution in [0.4, 0.5) is 5.69 Å². The molecule has 0 saturated heterocycles. The molecule has 0 saturated carbocycles. The minimum absolute atomic E-state index is 0.0221. The SMILES string of the molecule is CC(=O)[C@@H]1CCc2ncc(NCCCc3ccccc3)c(=O)n21. The molecule has 0 aliphatic carbocycles. The molecular formula is C18H21N3O2. The van der Waals surface area contributed by atoms with Crippen molar-refractivity contribution in [3.8, 4) is 0 Å². The molecule has 1 N–H and O–H groups in total. The summed E-state index contributed by atoms with van der Waals surface area (Å²) in [7, 11) is 0. The lowest BCUT2D eigenvalue weighted by Gasteiger charge is -2.13. The molecular weight excluding hydrogens is 290 g/mol. The molecule has 1 aromatic heterocycles. The fraction of sp³-hybridized carbons (Fsp3) is 0.389. The Morgan fingerprint density at radius 2 is 2.13 bits per heavy atom. The summed E-state index contributed by atoms with van der Waals surface area (Å²) in [5.74, 6) is 0.735. The molecule has 0 amide bonds. The number of fused-ring (bicyclic) bond motifs is 1. The van der Waals surface area contributed by atoms with Crippen molar-refractivity contribution >= 4 is 11.5 Å². The molecule has 0 unspecified atom stereocenters. The Kier molecular flexibility index (Phi) is 4.55. The van der Waals surface area contributed by atoms with E-state index in [1.165, 1.54) is 12.5 Å². The van der Waals surface area contributed by atoms with Gasteiger partial charge in [-0.3, -0.25) is 14.2 Å². The van der Waals surface area contributed by atoms with Crippen LogP contribution < -0.4 is 10.9 Å². The molecule has 0 spiro atoms. The number of ketones is 1. The number of aryl methyl sites for hydroxylation is 2. The number of hydrogen-bond donors (Lipinski definition) is 1. The first kappa shape index (κ1) is 15.5. The highest BCUT2D eigenvalue weighted by molar-refractivity contribution is 5.80. The van der Waals surface area contributed by atoms with Crippen LogP contribution >= 0.6 is 0 Å². The Morgan fingerprint density at radius 1 is 1.35 bits per heavy atom. The van der Waals surface area contributed by atoms with E-state index in [9.17, 15) is 9.59 Å². The smallest absolute Gasteiger partial charge is 0.277 e. The highest BCUT2D eigenvalue weighted by Gasteiger charge is 2.28. The molecule has 120 valence electrons. The average Bonchev–Trinajstić information content (AvgIpc) is 2.99. The molecule has 5 nitrogen and oxygen atoms in total. The highest BCUT2D eigenvalue weighted by atomic mass is 16.1. The summed E-state index contributed by atoms with van der Waals surface area (Å²) < 4.78 is 1.56. The number of carbonyl (C=O) groups is 1. The van der Waals surface area contributed by atoms with Crippen LogP contribution in [0, 0.1) is 0 Å². The van der Waals surface area contributed by atoms with E-state index in [-0.39, 0.29) is 17.4 Å². The molecule has 3 rings (SSSR count). The Bertz CT molecular complexity index is 753. The van der Waals surface area contributed by atoms with Gasteiger partial charge in [0, 0.05) is 13.0 Å². The lowest BCUT2D eigenvalue weighted by Crippen LogP contribution is -2.29. The van der Waals surface area contributed by atoms with Crippen molar-refractivity contribution in [2.24, 2.45) is 0 Å². The fourth-order valence-electron chi connectivity index (χ4n) is 3.07. The number of rotatable bonds is 6. The van der Waals surface area contributed by atoms with Gasteiger partial charge in [0.2, 0.25) is 0 Å². The largest absolute Gasteiger partial charge is 0.379 e. The summed E-state index contributed by atoms with van der Waals surface area (Å²) in [6, 6.07) is 9.91. The van der Waals surface area contributed by atoms with Gasteiger partial charge in [-0.25, -0.2) is 4.98 Å². The van der Waals surface area contributed by atoms with Gasteiger partial charge in [0.05, 0.1) is 12.2 Å². The molecule has 2 aromatic rings. The number of carbonyl (C=O) groups excluding carboxylic acids is 1. The zero-order valence-electron chi connectivity index (χ0n) is 13.3. The second-order valence-corrected chi connectivity index (χ2v) is 5.94. The molecule has 0 fully saturated rings. The van der Waals surface area contributed by atoms with E-state index in [1.807, 2.05) is 18.2 Å². The van der Waals surface area contributed by atoms with Gasteiger partial charge in [-0.15, -0.1) is 0 Å². The maximum Gasteiger partial charge on any atom is 0.277 e. The van der Waals surface area contributed by atoms with E-state index in [0.29, 0.717) is 30.9 Å². The van der Waals surface area contributed by atoms with Gasteiger partial charge < -0.3 is 5.32 Å². The normalized spacial score (nSPS) is 16.1. The van der Waals surface area contributed by atoms with Crippen LogP contribution in [0.25, 0.3) is 0 Å². The van der Waals surface area contributed by atoms with Gasteiger partial charge in [0.15, 0.2) is 5.78 Å². The molecule has 23 heavy (non-hydrogen) atoms.